The van der Waals surface area contributed by atoms with Crippen molar-refractivity contribution in [2.75, 3.05) is 25.9 Å². The van der Waals surface area contributed by atoms with Crippen LogP contribution in [0.25, 0.3) is 0 Å². The van der Waals surface area contributed by atoms with E-state index in [0.717, 1.165) is 50.4 Å². The normalized spacial score (nSPS) is 11.8. The molecule has 0 saturated heterocycles. The van der Waals surface area contributed by atoms with Crippen LogP contribution in [0, 0.1) is 0 Å². The van der Waals surface area contributed by atoms with Crippen LogP contribution in [0.5, 0.6) is 0 Å². The summed E-state index contributed by atoms with van der Waals surface area (Å²) in [6.45, 7) is 4.31. The smallest absolute Gasteiger partial charge is 0.191 e. The quantitative estimate of drug-likeness (QED) is 0.230. The van der Waals surface area contributed by atoms with Crippen molar-refractivity contribution in [2.45, 2.75) is 31.1 Å². The summed E-state index contributed by atoms with van der Waals surface area (Å²) in [5.41, 5.74) is 2.31. The highest BCUT2D eigenvalue weighted by Crippen LogP contribution is 2.10. The SMILES string of the molecule is CCNC(=NCCCc1cnn(C)c1)NCCc1ccc(S(C)(=O)=O)cc1.I. The molecule has 0 aliphatic carbocycles. The van der Waals surface area contributed by atoms with Crippen LogP contribution in [0.3, 0.4) is 0 Å². The van der Waals surface area contributed by atoms with Gasteiger partial charge in [-0.2, -0.15) is 5.10 Å². The van der Waals surface area contributed by atoms with Crippen LogP contribution < -0.4 is 10.6 Å². The highest BCUT2D eigenvalue weighted by molar-refractivity contribution is 14.0. The number of hydrogen-bond acceptors (Lipinski definition) is 4. The predicted octanol–water partition coefficient (Wildman–Crippen LogP) is 2.17. The molecule has 0 bridgehead atoms. The molecule has 0 atom stereocenters. The van der Waals surface area contributed by atoms with Gasteiger partial charge >= 0.3 is 0 Å². The molecule has 1 aromatic heterocycles. The van der Waals surface area contributed by atoms with Crippen molar-refractivity contribution in [2.24, 2.45) is 12.0 Å². The van der Waals surface area contributed by atoms with Gasteiger partial charge in [0.05, 0.1) is 11.1 Å². The molecular formula is C19H30IN5O2S. The number of aromatic nitrogens is 2. The molecule has 0 fully saturated rings. The third kappa shape index (κ3) is 8.59. The summed E-state index contributed by atoms with van der Waals surface area (Å²) in [5, 5.41) is 10.7. The molecule has 2 aromatic rings. The summed E-state index contributed by atoms with van der Waals surface area (Å²) < 4.78 is 24.8. The summed E-state index contributed by atoms with van der Waals surface area (Å²) in [4.78, 5) is 4.95. The lowest BCUT2D eigenvalue weighted by molar-refractivity contribution is 0.602. The average molecular weight is 519 g/mol. The Morgan fingerprint density at radius 2 is 1.86 bits per heavy atom. The molecule has 0 saturated carbocycles. The summed E-state index contributed by atoms with van der Waals surface area (Å²) >= 11 is 0. The van der Waals surface area contributed by atoms with Crippen molar-refractivity contribution < 1.29 is 8.42 Å². The first-order valence-corrected chi connectivity index (χ1v) is 11.1. The number of aliphatic imine (C=N–C) groups is 1. The van der Waals surface area contributed by atoms with Gasteiger partial charge in [0.2, 0.25) is 0 Å². The molecule has 0 aliphatic heterocycles. The molecule has 156 valence electrons. The van der Waals surface area contributed by atoms with Gasteiger partial charge in [-0.25, -0.2) is 8.42 Å². The van der Waals surface area contributed by atoms with Crippen LogP contribution >= 0.6 is 24.0 Å². The van der Waals surface area contributed by atoms with E-state index in [-0.39, 0.29) is 24.0 Å². The number of nitrogens with one attached hydrogen (secondary N) is 2. The Bertz CT molecular complexity index is 847. The van der Waals surface area contributed by atoms with Crippen molar-refractivity contribution in [1.82, 2.24) is 20.4 Å². The third-order valence-corrected chi connectivity index (χ3v) is 5.18. The van der Waals surface area contributed by atoms with E-state index in [1.54, 1.807) is 12.1 Å². The van der Waals surface area contributed by atoms with E-state index in [9.17, 15) is 8.42 Å². The maximum absolute atomic E-state index is 11.5. The van der Waals surface area contributed by atoms with Crippen molar-refractivity contribution in [3.63, 3.8) is 0 Å². The topological polar surface area (TPSA) is 88.4 Å². The lowest BCUT2D eigenvalue weighted by Crippen LogP contribution is -2.38. The average Bonchev–Trinajstić information content (AvgIpc) is 3.03. The zero-order valence-corrected chi connectivity index (χ0v) is 19.8. The molecular weight excluding hydrogens is 489 g/mol. The van der Waals surface area contributed by atoms with Gasteiger partial charge in [0.1, 0.15) is 0 Å². The number of sulfone groups is 1. The molecule has 1 heterocycles. The molecule has 0 amide bonds. The number of halogens is 1. The lowest BCUT2D eigenvalue weighted by atomic mass is 10.1. The van der Waals surface area contributed by atoms with E-state index >= 15 is 0 Å². The fourth-order valence-corrected chi connectivity index (χ4v) is 3.28. The molecule has 2 N–H and O–H groups in total. The van der Waals surface area contributed by atoms with Crippen LogP contribution in [0.1, 0.15) is 24.5 Å². The maximum Gasteiger partial charge on any atom is 0.191 e. The Labute approximate surface area is 185 Å². The number of benzene rings is 1. The Balaban J connectivity index is 0.00000392. The summed E-state index contributed by atoms with van der Waals surface area (Å²) in [6, 6.07) is 7.02. The van der Waals surface area contributed by atoms with Crippen LogP contribution in [0.15, 0.2) is 46.5 Å². The monoisotopic (exact) mass is 519 g/mol. The van der Waals surface area contributed by atoms with E-state index in [1.165, 1.54) is 11.8 Å². The van der Waals surface area contributed by atoms with E-state index in [0.29, 0.717) is 4.90 Å². The van der Waals surface area contributed by atoms with Crippen LogP contribution in [-0.2, 0) is 29.7 Å². The molecule has 0 unspecified atom stereocenters. The first-order valence-electron chi connectivity index (χ1n) is 9.17. The van der Waals surface area contributed by atoms with Gasteiger partial charge in [0.15, 0.2) is 15.8 Å². The predicted molar refractivity (Wildman–Crippen MR) is 124 cm³/mol. The Morgan fingerprint density at radius 3 is 2.43 bits per heavy atom. The van der Waals surface area contributed by atoms with Crippen molar-refractivity contribution in [3.05, 3.63) is 47.8 Å². The molecule has 0 radical (unpaired) electrons. The standard InChI is InChI=1S/C19H29N5O2S.HI/c1-4-20-19(21-12-5-6-17-14-23-24(2)15-17)22-13-11-16-7-9-18(10-8-16)27(3,25)26;/h7-10,14-15H,4-6,11-13H2,1-3H3,(H2,20,21,22);1H. The van der Waals surface area contributed by atoms with Crippen LogP contribution in [0.2, 0.25) is 0 Å². The second kappa shape index (κ2) is 12.1. The zero-order valence-electron chi connectivity index (χ0n) is 16.7. The highest BCUT2D eigenvalue weighted by Gasteiger charge is 2.06. The minimum atomic E-state index is -3.14. The van der Waals surface area contributed by atoms with E-state index < -0.39 is 9.84 Å². The first kappa shape index (κ1) is 24.4. The molecule has 2 rings (SSSR count). The molecule has 1 aromatic carbocycles. The Morgan fingerprint density at radius 1 is 1.14 bits per heavy atom. The number of nitrogens with zero attached hydrogens (tertiary/aromatic N) is 3. The Hall–Kier alpha value is -1.62. The minimum Gasteiger partial charge on any atom is -0.357 e. The lowest BCUT2D eigenvalue weighted by Gasteiger charge is -2.11. The summed E-state index contributed by atoms with van der Waals surface area (Å²) in [5.74, 6) is 0.802. The van der Waals surface area contributed by atoms with E-state index in [4.69, 9.17) is 0 Å². The minimum absolute atomic E-state index is 0. The molecule has 0 aliphatic rings. The van der Waals surface area contributed by atoms with E-state index in [1.807, 2.05) is 43.2 Å². The van der Waals surface area contributed by atoms with Crippen molar-refractivity contribution in [1.29, 1.82) is 0 Å². The zero-order chi connectivity index (χ0) is 19.7. The van der Waals surface area contributed by atoms with Gasteiger partial charge in [-0.15, -0.1) is 24.0 Å². The number of hydrogen-bond donors (Lipinski definition) is 2. The van der Waals surface area contributed by atoms with Crippen molar-refractivity contribution in [3.8, 4) is 0 Å². The van der Waals surface area contributed by atoms with Gasteiger partial charge in [-0.1, -0.05) is 12.1 Å². The second-order valence-electron chi connectivity index (χ2n) is 6.48. The summed E-state index contributed by atoms with van der Waals surface area (Å²) in [7, 11) is -1.22. The number of guanidine groups is 1. The fraction of sp³-hybridized carbons (Fsp3) is 0.474. The maximum atomic E-state index is 11.5. The second-order valence-corrected chi connectivity index (χ2v) is 8.50. The Kier molecular flexibility index (Phi) is 10.5. The number of aryl methyl sites for hydroxylation is 2. The first-order chi connectivity index (χ1) is 12.9. The van der Waals surface area contributed by atoms with Crippen LogP contribution in [0.4, 0.5) is 0 Å². The number of rotatable bonds is 9. The highest BCUT2D eigenvalue weighted by atomic mass is 127. The molecule has 7 nitrogen and oxygen atoms in total. The largest absolute Gasteiger partial charge is 0.357 e. The van der Waals surface area contributed by atoms with Crippen LogP contribution in [-0.4, -0.2) is 50.0 Å². The molecule has 28 heavy (non-hydrogen) atoms. The van der Waals surface area contributed by atoms with Gasteiger partial charge in [0, 0.05) is 39.1 Å². The van der Waals surface area contributed by atoms with Gasteiger partial charge in [-0.05, 0) is 49.4 Å². The van der Waals surface area contributed by atoms with Gasteiger partial charge in [0.25, 0.3) is 0 Å². The van der Waals surface area contributed by atoms with Gasteiger partial charge in [-0.3, -0.25) is 9.67 Å². The molecule has 0 spiro atoms. The fourth-order valence-electron chi connectivity index (χ4n) is 2.65. The van der Waals surface area contributed by atoms with E-state index in [2.05, 4.69) is 20.7 Å². The third-order valence-electron chi connectivity index (χ3n) is 4.05. The van der Waals surface area contributed by atoms with Gasteiger partial charge < -0.3 is 10.6 Å². The summed E-state index contributed by atoms with van der Waals surface area (Å²) in [6.07, 6.45) is 7.87. The molecule has 9 heteroatoms. The van der Waals surface area contributed by atoms with Crippen molar-refractivity contribution >= 4 is 39.8 Å².